The van der Waals surface area contributed by atoms with Gasteiger partial charge in [-0.1, -0.05) is 11.6 Å². The fourth-order valence-electron chi connectivity index (χ4n) is 2.40. The number of ether oxygens (including phenoxy) is 1. The van der Waals surface area contributed by atoms with Crippen molar-refractivity contribution in [3.8, 4) is 5.75 Å². The van der Waals surface area contributed by atoms with Gasteiger partial charge < -0.3 is 5.11 Å². The molecule has 0 fully saturated rings. The molecule has 0 saturated heterocycles. The molecule has 1 aromatic carbocycles. The van der Waals surface area contributed by atoms with Gasteiger partial charge in [0.05, 0.1) is 16.1 Å². The van der Waals surface area contributed by atoms with E-state index in [1.807, 2.05) is 0 Å². The van der Waals surface area contributed by atoms with Crippen LogP contribution in [0.15, 0.2) is 30.6 Å². The molecule has 2 heterocycles. The summed E-state index contributed by atoms with van der Waals surface area (Å²) < 4.78 is 57.4. The van der Waals surface area contributed by atoms with Crippen molar-refractivity contribution in [2.45, 2.75) is 18.6 Å². The molecule has 126 valence electrons. The lowest BCUT2D eigenvalue weighted by Crippen LogP contribution is -2.17. The first-order valence-electron chi connectivity index (χ1n) is 6.57. The number of phenolic OH excluding ortho intramolecular Hbond substituents is 1. The minimum atomic E-state index is -4.23. The van der Waals surface area contributed by atoms with Crippen LogP contribution in [0.1, 0.15) is 27.0 Å². The highest BCUT2D eigenvalue weighted by Crippen LogP contribution is 2.52. The predicted molar refractivity (Wildman–Crippen MR) is 74.3 cm³/mol. The molecule has 0 spiro atoms. The summed E-state index contributed by atoms with van der Waals surface area (Å²) >= 11 is 5.82. The second-order valence-electron chi connectivity index (χ2n) is 5.12. The van der Waals surface area contributed by atoms with E-state index in [1.54, 1.807) is 0 Å². The molecular formula is C15H8ClF4NO3. The monoisotopic (exact) mass is 361 g/mol. The molecule has 0 saturated carbocycles. The van der Waals surface area contributed by atoms with Gasteiger partial charge in [-0.2, -0.15) is 17.6 Å². The van der Waals surface area contributed by atoms with Gasteiger partial charge in [-0.15, -0.1) is 0 Å². The Morgan fingerprint density at radius 1 is 1.21 bits per heavy atom. The summed E-state index contributed by atoms with van der Waals surface area (Å²) in [6, 6.07) is 2.44. The van der Waals surface area contributed by atoms with Gasteiger partial charge in [0, 0.05) is 29.9 Å². The van der Waals surface area contributed by atoms with Crippen molar-refractivity contribution in [3.63, 3.8) is 0 Å². The largest absolute Gasteiger partial charge is 0.508 e. The van der Waals surface area contributed by atoms with Gasteiger partial charge in [-0.3, -0.25) is 9.78 Å². The van der Waals surface area contributed by atoms with Crippen molar-refractivity contribution in [2.75, 3.05) is 0 Å². The van der Waals surface area contributed by atoms with E-state index in [9.17, 15) is 27.5 Å². The van der Waals surface area contributed by atoms with Crippen LogP contribution in [0.4, 0.5) is 17.6 Å². The van der Waals surface area contributed by atoms with Crippen molar-refractivity contribution >= 4 is 17.4 Å². The van der Waals surface area contributed by atoms with Crippen molar-refractivity contribution in [1.29, 1.82) is 0 Å². The smallest absolute Gasteiger partial charge is 0.388 e. The maximum absolute atomic E-state index is 13.6. The average Bonchev–Trinajstić information content (AvgIpc) is 2.65. The number of alkyl halides is 4. The molecular weight excluding hydrogens is 354 g/mol. The van der Waals surface area contributed by atoms with Crippen LogP contribution in [-0.2, 0) is 23.4 Å². The molecule has 0 bridgehead atoms. The van der Waals surface area contributed by atoms with Crippen LogP contribution in [0.25, 0.3) is 0 Å². The fraction of sp³-hybridized carbons (Fsp3) is 0.200. The molecule has 3 rings (SSSR count). The molecule has 1 aromatic heterocycles. The number of benzene rings is 1. The van der Waals surface area contributed by atoms with E-state index in [4.69, 9.17) is 11.6 Å². The fourth-order valence-corrected chi connectivity index (χ4v) is 2.62. The standard InChI is InChI=1S/C15H8ClF4NO3/c16-11-6-21-2-1-8(11)13(23)4-7-3-9-10(5-12(7)22)15(19,20)24-14(9,17)18/h1-3,5-6,22H,4H2. The first-order valence-corrected chi connectivity index (χ1v) is 6.95. The van der Waals surface area contributed by atoms with Gasteiger partial charge in [-0.25, -0.2) is 4.74 Å². The first-order chi connectivity index (χ1) is 11.1. The zero-order chi connectivity index (χ0) is 17.7. The summed E-state index contributed by atoms with van der Waals surface area (Å²) in [6.07, 6.45) is -6.43. The Morgan fingerprint density at radius 3 is 2.46 bits per heavy atom. The average molecular weight is 362 g/mol. The minimum Gasteiger partial charge on any atom is -0.508 e. The third kappa shape index (κ3) is 2.71. The number of carbonyl (C=O) groups excluding carboxylic acids is 1. The third-order valence-corrected chi connectivity index (χ3v) is 3.83. The van der Waals surface area contributed by atoms with E-state index in [1.165, 1.54) is 18.5 Å². The number of fused-ring (bicyclic) bond motifs is 1. The number of rotatable bonds is 3. The van der Waals surface area contributed by atoms with E-state index in [0.717, 1.165) is 0 Å². The van der Waals surface area contributed by atoms with Crippen LogP contribution < -0.4 is 0 Å². The lowest BCUT2D eigenvalue weighted by molar-refractivity contribution is -0.369. The highest BCUT2D eigenvalue weighted by molar-refractivity contribution is 6.33. The highest BCUT2D eigenvalue weighted by Gasteiger charge is 2.57. The Bertz CT molecular complexity index is 841. The first kappa shape index (κ1) is 16.7. The summed E-state index contributed by atoms with van der Waals surface area (Å²) in [7, 11) is 0. The number of nitrogens with zero attached hydrogens (tertiary/aromatic N) is 1. The summed E-state index contributed by atoms with van der Waals surface area (Å²) in [5.41, 5.74) is -2.40. The van der Waals surface area contributed by atoms with Crippen LogP contribution in [-0.4, -0.2) is 15.9 Å². The Hall–Kier alpha value is -2.19. The highest BCUT2D eigenvalue weighted by atomic mass is 35.5. The van der Waals surface area contributed by atoms with Gasteiger partial charge in [0.15, 0.2) is 5.78 Å². The number of halogens is 5. The molecule has 0 radical (unpaired) electrons. The van der Waals surface area contributed by atoms with Gasteiger partial charge in [0.1, 0.15) is 5.75 Å². The lowest BCUT2D eigenvalue weighted by Gasteiger charge is -2.11. The number of aromatic hydroxyl groups is 1. The number of aromatic nitrogens is 1. The SMILES string of the molecule is O=C(Cc1cc2c(cc1O)C(F)(F)OC2(F)F)c1ccncc1Cl. The van der Waals surface area contributed by atoms with Gasteiger partial charge >= 0.3 is 12.2 Å². The molecule has 4 nitrogen and oxygen atoms in total. The summed E-state index contributed by atoms with van der Waals surface area (Å²) in [5, 5.41) is 9.86. The number of hydrogen-bond donors (Lipinski definition) is 1. The van der Waals surface area contributed by atoms with Crippen molar-refractivity contribution in [3.05, 3.63) is 57.9 Å². The Balaban J connectivity index is 2.00. The predicted octanol–water partition coefficient (Wildman–Crippen LogP) is 3.99. The number of Topliss-reactive ketones (excluding diaryl/α,β-unsaturated/α-hetero) is 1. The van der Waals surface area contributed by atoms with Crippen LogP contribution >= 0.6 is 11.6 Å². The van der Waals surface area contributed by atoms with E-state index < -0.39 is 41.3 Å². The molecule has 0 atom stereocenters. The van der Waals surface area contributed by atoms with Gasteiger partial charge in [-0.05, 0) is 18.2 Å². The number of pyridine rings is 1. The summed E-state index contributed by atoms with van der Waals surface area (Å²) in [5.74, 6) is -1.31. The molecule has 2 aromatic rings. The molecule has 9 heteroatoms. The molecule has 1 aliphatic rings. The second-order valence-corrected chi connectivity index (χ2v) is 5.52. The summed E-state index contributed by atoms with van der Waals surface area (Å²) in [4.78, 5) is 15.9. The number of carbonyl (C=O) groups is 1. The topological polar surface area (TPSA) is 59.4 Å². The normalized spacial score (nSPS) is 17.5. The quantitative estimate of drug-likeness (QED) is 0.663. The molecule has 24 heavy (non-hydrogen) atoms. The van der Waals surface area contributed by atoms with Crippen LogP contribution in [0.5, 0.6) is 5.75 Å². The van der Waals surface area contributed by atoms with Crippen LogP contribution in [0.2, 0.25) is 5.02 Å². The molecule has 1 aliphatic heterocycles. The van der Waals surface area contributed by atoms with E-state index in [-0.39, 0.29) is 16.1 Å². The van der Waals surface area contributed by atoms with E-state index in [0.29, 0.717) is 12.1 Å². The maximum atomic E-state index is 13.6. The van der Waals surface area contributed by atoms with Crippen LogP contribution in [0, 0.1) is 0 Å². The lowest BCUT2D eigenvalue weighted by atomic mass is 9.98. The van der Waals surface area contributed by atoms with E-state index >= 15 is 0 Å². The number of hydrogen-bond acceptors (Lipinski definition) is 4. The van der Waals surface area contributed by atoms with Crippen molar-refractivity contribution in [2.24, 2.45) is 0 Å². The Labute approximate surface area is 137 Å². The molecule has 0 unspecified atom stereocenters. The Morgan fingerprint density at radius 2 is 1.83 bits per heavy atom. The van der Waals surface area contributed by atoms with Crippen molar-refractivity contribution in [1.82, 2.24) is 4.98 Å². The number of phenols is 1. The Kier molecular flexibility index (Phi) is 3.76. The zero-order valence-corrected chi connectivity index (χ0v) is 12.5. The van der Waals surface area contributed by atoms with Crippen molar-refractivity contribution < 1.29 is 32.2 Å². The number of ketones is 1. The second kappa shape index (κ2) is 5.42. The minimum absolute atomic E-state index is 0.0448. The summed E-state index contributed by atoms with van der Waals surface area (Å²) in [6.45, 7) is 0. The maximum Gasteiger partial charge on any atom is 0.388 e. The van der Waals surface area contributed by atoms with Gasteiger partial charge in [0.25, 0.3) is 0 Å². The molecule has 1 N–H and O–H groups in total. The van der Waals surface area contributed by atoms with E-state index in [2.05, 4.69) is 9.72 Å². The molecule has 0 aliphatic carbocycles. The zero-order valence-electron chi connectivity index (χ0n) is 11.7. The van der Waals surface area contributed by atoms with Crippen LogP contribution in [0.3, 0.4) is 0 Å². The van der Waals surface area contributed by atoms with Gasteiger partial charge in [0.2, 0.25) is 0 Å². The molecule has 0 amide bonds. The third-order valence-electron chi connectivity index (χ3n) is 3.53.